The molecule has 0 aliphatic rings. The average molecular weight is 521 g/mol. The van der Waals surface area contributed by atoms with Crippen molar-refractivity contribution in [2.75, 3.05) is 44.6 Å². The van der Waals surface area contributed by atoms with Crippen LogP contribution in [0.15, 0.2) is 49.1 Å². The van der Waals surface area contributed by atoms with Crippen LogP contribution in [-0.2, 0) is 0 Å². The Kier molecular flexibility index (Phi) is 8.67. The lowest BCUT2D eigenvalue weighted by molar-refractivity contribution is 0.301. The summed E-state index contributed by atoms with van der Waals surface area (Å²) in [5, 5.41) is 3.94. The van der Waals surface area contributed by atoms with Crippen LogP contribution in [0.2, 0.25) is 5.02 Å². The smallest absolute Gasteiger partial charge is 0.218 e. The van der Waals surface area contributed by atoms with Gasteiger partial charge >= 0.3 is 0 Å². The highest BCUT2D eigenvalue weighted by Gasteiger charge is 2.14. The van der Waals surface area contributed by atoms with E-state index >= 15 is 0 Å². The first-order valence-corrected chi connectivity index (χ1v) is 10.6. The molecule has 0 unspecified atom stereocenters. The molecule has 0 fully saturated rings. The largest absolute Gasteiger partial charge is 0.493 e. The van der Waals surface area contributed by atoms with Gasteiger partial charge < -0.3 is 24.4 Å². The van der Waals surface area contributed by atoms with Gasteiger partial charge in [0.25, 0.3) is 0 Å². The SMILES string of the molecule is COc1cc(N(C)CCOc2cc3ncnc(Nc4ccc(Cl)cc4F)c3cc2OC)ncn1.Cl. The first-order valence-electron chi connectivity index (χ1n) is 10.2. The van der Waals surface area contributed by atoms with E-state index in [1.54, 1.807) is 44.6 Å². The van der Waals surface area contributed by atoms with Crippen molar-refractivity contribution in [1.29, 1.82) is 0 Å². The van der Waals surface area contributed by atoms with Crippen LogP contribution in [-0.4, -0.2) is 54.4 Å². The molecule has 0 saturated heterocycles. The first-order chi connectivity index (χ1) is 16.5. The van der Waals surface area contributed by atoms with Gasteiger partial charge in [-0.25, -0.2) is 24.3 Å². The number of hydrogen-bond acceptors (Lipinski definition) is 9. The third-order valence-electron chi connectivity index (χ3n) is 5.02. The molecule has 2 heterocycles. The predicted octanol–water partition coefficient (Wildman–Crippen LogP) is 4.91. The van der Waals surface area contributed by atoms with Crippen LogP contribution in [0, 0.1) is 5.82 Å². The van der Waals surface area contributed by atoms with E-state index in [9.17, 15) is 4.39 Å². The van der Waals surface area contributed by atoms with Crippen LogP contribution in [0.5, 0.6) is 17.4 Å². The Balaban J connectivity index is 0.00000342. The number of methoxy groups -OCH3 is 2. The van der Waals surface area contributed by atoms with Crippen LogP contribution >= 0.6 is 24.0 Å². The molecule has 2 aromatic carbocycles. The molecule has 0 amide bonds. The number of likely N-dealkylation sites (N-methyl/N-ethyl adjacent to an activating group) is 1. The Morgan fingerprint density at radius 2 is 1.77 bits per heavy atom. The van der Waals surface area contributed by atoms with E-state index < -0.39 is 5.82 Å². The number of anilines is 3. The van der Waals surface area contributed by atoms with Crippen LogP contribution in [0.4, 0.5) is 21.7 Å². The Morgan fingerprint density at radius 1 is 0.971 bits per heavy atom. The number of nitrogens with one attached hydrogen (secondary N) is 1. The predicted molar refractivity (Wildman–Crippen MR) is 135 cm³/mol. The van der Waals surface area contributed by atoms with E-state index in [0.717, 1.165) is 0 Å². The number of fused-ring (bicyclic) bond motifs is 1. The van der Waals surface area contributed by atoms with E-state index in [1.807, 2.05) is 11.9 Å². The molecule has 9 nitrogen and oxygen atoms in total. The molecule has 184 valence electrons. The van der Waals surface area contributed by atoms with Gasteiger partial charge in [-0.2, -0.15) is 0 Å². The average Bonchev–Trinajstić information content (AvgIpc) is 2.85. The van der Waals surface area contributed by atoms with Crippen molar-refractivity contribution in [3.63, 3.8) is 0 Å². The van der Waals surface area contributed by atoms with Crippen LogP contribution in [0.25, 0.3) is 10.9 Å². The van der Waals surface area contributed by atoms with Crippen molar-refractivity contribution in [2.24, 2.45) is 0 Å². The Bertz CT molecular complexity index is 1310. The van der Waals surface area contributed by atoms with Crippen LogP contribution in [0.1, 0.15) is 0 Å². The monoisotopic (exact) mass is 520 g/mol. The fourth-order valence-corrected chi connectivity index (χ4v) is 3.37. The molecular weight excluding hydrogens is 498 g/mol. The third kappa shape index (κ3) is 6.09. The summed E-state index contributed by atoms with van der Waals surface area (Å²) in [7, 11) is 4.99. The quantitative estimate of drug-likeness (QED) is 0.330. The minimum Gasteiger partial charge on any atom is -0.493 e. The molecular formula is C23H23Cl2FN6O3. The maximum absolute atomic E-state index is 14.3. The number of nitrogens with zero attached hydrogens (tertiary/aromatic N) is 5. The third-order valence-corrected chi connectivity index (χ3v) is 5.25. The number of hydrogen-bond donors (Lipinski definition) is 1. The summed E-state index contributed by atoms with van der Waals surface area (Å²) in [6, 6.07) is 9.62. The van der Waals surface area contributed by atoms with E-state index in [-0.39, 0.29) is 18.1 Å². The molecule has 0 saturated carbocycles. The normalized spacial score (nSPS) is 10.4. The Hall–Kier alpha value is -3.63. The van der Waals surface area contributed by atoms with Crippen molar-refractivity contribution in [2.45, 2.75) is 0 Å². The number of ether oxygens (including phenoxy) is 3. The van der Waals surface area contributed by atoms with Gasteiger partial charge in [0.15, 0.2) is 11.5 Å². The van der Waals surface area contributed by atoms with Crippen molar-refractivity contribution in [1.82, 2.24) is 19.9 Å². The van der Waals surface area contributed by atoms with Gasteiger partial charge in [-0.3, -0.25) is 0 Å². The molecule has 4 rings (SSSR count). The summed E-state index contributed by atoms with van der Waals surface area (Å²) in [5.74, 6) is 2.14. The number of halogens is 3. The highest BCUT2D eigenvalue weighted by atomic mass is 35.5. The standard InChI is InChI=1S/C23H22ClFN6O3.ClH/c1-31(21-11-22(33-3)28-13-27-21)6-7-34-20-10-18-15(9-19(20)32-2)23(29-12-26-18)30-17-5-4-14(24)8-16(17)25;/h4-5,8-13H,6-7H2,1-3H3,(H,26,29,30);1H. The highest BCUT2D eigenvalue weighted by molar-refractivity contribution is 6.30. The molecule has 0 aliphatic heterocycles. The van der Waals surface area contributed by atoms with Crippen LogP contribution < -0.4 is 24.4 Å². The molecule has 0 radical (unpaired) electrons. The van der Waals surface area contributed by atoms with E-state index in [4.69, 9.17) is 25.8 Å². The van der Waals surface area contributed by atoms with Gasteiger partial charge in [0.05, 0.1) is 32.0 Å². The van der Waals surface area contributed by atoms with Gasteiger partial charge in [-0.05, 0) is 24.3 Å². The summed E-state index contributed by atoms with van der Waals surface area (Å²) in [4.78, 5) is 18.7. The second-order valence-corrected chi connectivity index (χ2v) is 7.62. The lowest BCUT2D eigenvalue weighted by Gasteiger charge is -2.19. The lowest BCUT2D eigenvalue weighted by Crippen LogP contribution is -2.24. The van der Waals surface area contributed by atoms with E-state index in [2.05, 4.69) is 25.3 Å². The molecule has 1 N–H and O–H groups in total. The molecule has 0 aliphatic carbocycles. The van der Waals surface area contributed by atoms with E-state index in [0.29, 0.717) is 58.1 Å². The number of aromatic nitrogens is 4. The van der Waals surface area contributed by atoms with Crippen LogP contribution in [0.3, 0.4) is 0 Å². The van der Waals surface area contributed by atoms with Crippen molar-refractivity contribution < 1.29 is 18.6 Å². The van der Waals surface area contributed by atoms with Crippen molar-refractivity contribution >= 4 is 52.2 Å². The fourth-order valence-electron chi connectivity index (χ4n) is 3.21. The van der Waals surface area contributed by atoms with Gasteiger partial charge in [-0.1, -0.05) is 11.6 Å². The minimum atomic E-state index is -0.489. The Morgan fingerprint density at radius 3 is 2.51 bits per heavy atom. The zero-order valence-electron chi connectivity index (χ0n) is 19.2. The molecule has 2 aromatic heterocycles. The zero-order chi connectivity index (χ0) is 24.1. The molecule has 4 aromatic rings. The highest BCUT2D eigenvalue weighted by Crippen LogP contribution is 2.35. The number of rotatable bonds is 9. The Labute approximate surface area is 212 Å². The van der Waals surface area contributed by atoms with E-state index in [1.165, 1.54) is 18.7 Å². The zero-order valence-corrected chi connectivity index (χ0v) is 20.7. The summed E-state index contributed by atoms with van der Waals surface area (Å²) in [6.45, 7) is 0.907. The summed E-state index contributed by atoms with van der Waals surface area (Å²) in [6.07, 6.45) is 2.84. The lowest BCUT2D eigenvalue weighted by atomic mass is 10.2. The summed E-state index contributed by atoms with van der Waals surface area (Å²) in [5.41, 5.74) is 0.852. The maximum Gasteiger partial charge on any atom is 0.218 e. The molecule has 0 atom stereocenters. The molecule has 12 heteroatoms. The second kappa shape index (κ2) is 11.7. The number of benzene rings is 2. The van der Waals surface area contributed by atoms with Crippen molar-refractivity contribution in [3.05, 3.63) is 59.9 Å². The molecule has 35 heavy (non-hydrogen) atoms. The van der Waals surface area contributed by atoms with Crippen molar-refractivity contribution in [3.8, 4) is 17.4 Å². The van der Waals surface area contributed by atoms with Gasteiger partial charge in [0, 0.05) is 29.6 Å². The minimum absolute atomic E-state index is 0. The first kappa shape index (κ1) is 26.0. The topological polar surface area (TPSA) is 94.5 Å². The van der Waals surface area contributed by atoms with Gasteiger partial charge in [0.2, 0.25) is 5.88 Å². The second-order valence-electron chi connectivity index (χ2n) is 7.18. The summed E-state index contributed by atoms with van der Waals surface area (Å²) < 4.78 is 30.9. The van der Waals surface area contributed by atoms with Gasteiger partial charge in [-0.15, -0.1) is 12.4 Å². The molecule has 0 spiro atoms. The summed E-state index contributed by atoms with van der Waals surface area (Å²) >= 11 is 5.84. The maximum atomic E-state index is 14.3. The van der Waals surface area contributed by atoms with Gasteiger partial charge in [0.1, 0.15) is 36.7 Å². The molecule has 0 bridgehead atoms. The fraction of sp³-hybridized carbons (Fsp3) is 0.217.